The van der Waals surface area contributed by atoms with Gasteiger partial charge in [0.15, 0.2) is 5.75 Å². The number of alkyl halides is 3. The summed E-state index contributed by atoms with van der Waals surface area (Å²) in [5, 5.41) is 9.33. The fourth-order valence-electron chi connectivity index (χ4n) is 5.16. The van der Waals surface area contributed by atoms with Gasteiger partial charge in [0, 0.05) is 31.2 Å². The zero-order valence-electron chi connectivity index (χ0n) is 17.3. The molecule has 5 rings (SSSR count). The van der Waals surface area contributed by atoms with E-state index in [1.807, 2.05) is 4.90 Å². The van der Waals surface area contributed by atoms with Crippen molar-refractivity contribution in [2.75, 3.05) is 18.0 Å². The van der Waals surface area contributed by atoms with E-state index in [2.05, 4.69) is 0 Å². The van der Waals surface area contributed by atoms with Crippen LogP contribution in [0.4, 0.5) is 18.9 Å². The van der Waals surface area contributed by atoms with Crippen molar-refractivity contribution >= 4 is 22.6 Å². The Bertz CT molecular complexity index is 1150. The van der Waals surface area contributed by atoms with Gasteiger partial charge in [-0.3, -0.25) is 4.79 Å². The van der Waals surface area contributed by atoms with E-state index in [9.17, 15) is 27.9 Å². The highest BCUT2D eigenvalue weighted by molar-refractivity contribution is 5.97. The molecule has 1 aromatic heterocycles. The van der Waals surface area contributed by atoms with Crippen molar-refractivity contribution in [1.82, 2.24) is 4.57 Å². The van der Waals surface area contributed by atoms with Gasteiger partial charge in [0.05, 0.1) is 22.6 Å². The molecule has 3 N–H and O–H groups in total. The van der Waals surface area contributed by atoms with Gasteiger partial charge in [-0.25, -0.2) is 9.18 Å². The molecular weight excluding hydrogens is 427 g/mol. The van der Waals surface area contributed by atoms with Gasteiger partial charge in [0.2, 0.25) is 5.43 Å². The molecule has 2 aromatic rings. The lowest BCUT2D eigenvalue weighted by molar-refractivity contribution is -0.0487. The van der Waals surface area contributed by atoms with Gasteiger partial charge in [-0.2, -0.15) is 8.78 Å². The first-order chi connectivity index (χ1) is 15.2. The monoisotopic (exact) mass is 451 g/mol. The molecule has 10 heteroatoms. The molecule has 0 spiro atoms. The van der Waals surface area contributed by atoms with Gasteiger partial charge in [-0.05, 0) is 43.7 Å². The average molecular weight is 451 g/mol. The summed E-state index contributed by atoms with van der Waals surface area (Å²) in [5.41, 5.74) is 5.25. The average Bonchev–Trinajstić information content (AvgIpc) is 3.23. The first kappa shape index (κ1) is 21.1. The van der Waals surface area contributed by atoms with E-state index < -0.39 is 35.8 Å². The molecule has 32 heavy (non-hydrogen) atoms. The molecule has 0 amide bonds. The minimum atomic E-state index is -3.17. The predicted octanol–water partition coefficient (Wildman–Crippen LogP) is 3.29. The summed E-state index contributed by atoms with van der Waals surface area (Å²) in [6, 6.07) is 2.18. The molecule has 2 heterocycles. The predicted molar refractivity (Wildman–Crippen MR) is 111 cm³/mol. The molecule has 172 valence electrons. The number of carboxylic acids is 1. The summed E-state index contributed by atoms with van der Waals surface area (Å²) in [6.45, 7) is -2.02. The number of aromatic carboxylic acids is 1. The number of fused-ring (bicyclic) bond motifs is 1. The summed E-state index contributed by atoms with van der Waals surface area (Å²) in [4.78, 5) is 26.3. The van der Waals surface area contributed by atoms with Crippen molar-refractivity contribution in [3.8, 4) is 5.75 Å². The van der Waals surface area contributed by atoms with E-state index >= 15 is 0 Å². The molecule has 1 saturated heterocycles. The number of nitrogens with two attached hydrogens (primary N) is 1. The van der Waals surface area contributed by atoms with Crippen LogP contribution in [0.25, 0.3) is 10.9 Å². The fourth-order valence-corrected chi connectivity index (χ4v) is 5.16. The number of ether oxygens (including phenoxy) is 1. The smallest absolute Gasteiger partial charge is 0.387 e. The molecular formula is C22H24F3N3O4. The van der Waals surface area contributed by atoms with Crippen LogP contribution in [-0.4, -0.2) is 47.1 Å². The lowest BCUT2D eigenvalue weighted by Crippen LogP contribution is -2.53. The van der Waals surface area contributed by atoms with Crippen molar-refractivity contribution < 1.29 is 27.8 Å². The lowest BCUT2D eigenvalue weighted by atomic mass is 9.68. The maximum Gasteiger partial charge on any atom is 0.387 e. The molecule has 2 aliphatic carbocycles. The van der Waals surface area contributed by atoms with Crippen LogP contribution in [-0.2, 0) is 0 Å². The molecule has 1 aromatic carbocycles. The van der Waals surface area contributed by atoms with E-state index in [4.69, 9.17) is 10.5 Å². The summed E-state index contributed by atoms with van der Waals surface area (Å²) >= 11 is 0. The Labute approximate surface area is 181 Å². The molecule has 0 radical (unpaired) electrons. The second-order valence-corrected chi connectivity index (χ2v) is 9.11. The maximum atomic E-state index is 14.0. The Balaban J connectivity index is 1.67. The second kappa shape index (κ2) is 7.40. The Morgan fingerprint density at radius 1 is 1.31 bits per heavy atom. The second-order valence-electron chi connectivity index (χ2n) is 9.11. The quantitative estimate of drug-likeness (QED) is 0.700. The number of hydrogen-bond donors (Lipinski definition) is 2. The molecule has 3 aliphatic rings. The minimum Gasteiger partial charge on any atom is -0.477 e. The number of aromatic nitrogens is 1. The number of nitrogens with zero attached hydrogens (tertiary/aromatic N) is 2. The van der Waals surface area contributed by atoms with Crippen molar-refractivity contribution in [2.24, 2.45) is 11.7 Å². The summed E-state index contributed by atoms with van der Waals surface area (Å²) < 4.78 is 47.1. The molecule has 7 nitrogen and oxygen atoms in total. The van der Waals surface area contributed by atoms with Crippen molar-refractivity contribution in [3.05, 3.63) is 34.1 Å². The number of carboxylic acid groups (broad SMARTS) is 1. The molecule has 3 fully saturated rings. The molecule has 0 unspecified atom stereocenters. The topological polar surface area (TPSA) is 97.8 Å². The van der Waals surface area contributed by atoms with Crippen molar-refractivity contribution in [1.29, 1.82) is 0 Å². The number of benzene rings is 1. The first-order valence-electron chi connectivity index (χ1n) is 10.8. The normalized spacial score (nSPS) is 26.4. The number of halogens is 3. The molecule has 0 bridgehead atoms. The van der Waals surface area contributed by atoms with E-state index in [1.165, 1.54) is 16.7 Å². The molecule has 2 saturated carbocycles. The Morgan fingerprint density at radius 3 is 2.59 bits per heavy atom. The third kappa shape index (κ3) is 3.32. The highest BCUT2D eigenvalue weighted by atomic mass is 19.3. The van der Waals surface area contributed by atoms with Crippen LogP contribution in [0.15, 0.2) is 23.1 Å². The van der Waals surface area contributed by atoms with Crippen LogP contribution in [0.3, 0.4) is 0 Å². The van der Waals surface area contributed by atoms with E-state index in [0.717, 1.165) is 31.9 Å². The van der Waals surface area contributed by atoms with Gasteiger partial charge in [0.1, 0.15) is 11.7 Å². The van der Waals surface area contributed by atoms with Gasteiger partial charge >= 0.3 is 12.6 Å². The number of carbonyl (C=O) groups is 1. The van der Waals surface area contributed by atoms with Crippen LogP contribution in [0.1, 0.15) is 48.5 Å². The van der Waals surface area contributed by atoms with Crippen LogP contribution in [0, 0.1) is 5.92 Å². The van der Waals surface area contributed by atoms with Crippen LogP contribution < -0.4 is 20.8 Å². The maximum absolute atomic E-state index is 14.0. The molecule has 1 aliphatic heterocycles. The van der Waals surface area contributed by atoms with Gasteiger partial charge in [0.25, 0.3) is 0 Å². The van der Waals surface area contributed by atoms with E-state index in [0.29, 0.717) is 18.8 Å². The zero-order valence-corrected chi connectivity index (χ0v) is 17.3. The van der Waals surface area contributed by atoms with Crippen molar-refractivity contribution in [3.63, 3.8) is 0 Å². The Kier molecular flexibility index (Phi) is 4.88. The fraction of sp³-hybridized carbons (Fsp3) is 0.545. The first-order valence-corrected chi connectivity index (χ1v) is 10.8. The molecule has 3 atom stereocenters. The number of hydrogen-bond acceptors (Lipinski definition) is 5. The summed E-state index contributed by atoms with van der Waals surface area (Å²) in [5.74, 6) is -1.48. The number of rotatable bonds is 6. The Hall–Kier alpha value is -2.75. The highest BCUT2D eigenvalue weighted by Gasteiger charge is 2.44. The largest absolute Gasteiger partial charge is 0.477 e. The standard InChI is InChI=1S/C22H24F3N3O4/c23-14-8-16(14)28-10-13(20(30)31)18(29)12-2-3-15(19(17(12)28)32-21(24)25)27-7-4-11(9-27)22(26)5-1-6-22/h2-3,10-11,14,16,21H,1,4-9,26H2,(H,30,31)/t11-,14+,16-/m1/s1. The van der Waals surface area contributed by atoms with Gasteiger partial charge in [-0.15, -0.1) is 0 Å². The van der Waals surface area contributed by atoms with E-state index in [-0.39, 0.29) is 34.5 Å². The summed E-state index contributed by atoms with van der Waals surface area (Å²) in [6.07, 6.45) is 3.64. The van der Waals surface area contributed by atoms with Crippen LogP contribution in [0.2, 0.25) is 0 Å². The SMILES string of the molecule is NC1([C@@H]2CCN(c3ccc4c(=O)c(C(=O)O)cn([C@@H]5C[C@@H]5F)c4c3OC(F)F)C2)CCC1. The number of pyridine rings is 1. The van der Waals surface area contributed by atoms with Crippen LogP contribution >= 0.6 is 0 Å². The van der Waals surface area contributed by atoms with Crippen LogP contribution in [0.5, 0.6) is 5.75 Å². The van der Waals surface area contributed by atoms with E-state index in [1.54, 1.807) is 0 Å². The summed E-state index contributed by atoms with van der Waals surface area (Å²) in [7, 11) is 0. The lowest BCUT2D eigenvalue weighted by Gasteiger charge is -2.43. The third-order valence-corrected chi connectivity index (χ3v) is 7.23. The van der Waals surface area contributed by atoms with Gasteiger partial charge < -0.3 is 25.0 Å². The third-order valence-electron chi connectivity index (χ3n) is 7.23. The van der Waals surface area contributed by atoms with Crippen molar-refractivity contribution in [2.45, 2.75) is 56.5 Å². The zero-order chi connectivity index (χ0) is 22.8. The Morgan fingerprint density at radius 2 is 2.03 bits per heavy atom. The minimum absolute atomic E-state index is 0.00231. The number of anilines is 1. The van der Waals surface area contributed by atoms with Gasteiger partial charge in [-0.1, -0.05) is 0 Å². The highest BCUT2D eigenvalue weighted by Crippen LogP contribution is 2.47.